The molecule has 1 aliphatic heterocycles. The summed E-state index contributed by atoms with van der Waals surface area (Å²) in [6.45, 7) is 2.90. The Morgan fingerprint density at radius 2 is 2.28 bits per heavy atom. The second kappa shape index (κ2) is 5.25. The molecule has 5 heteroatoms. The quantitative estimate of drug-likeness (QED) is 0.749. The minimum absolute atomic E-state index is 0.0829. The van der Waals surface area contributed by atoms with E-state index in [0.717, 1.165) is 12.8 Å². The summed E-state index contributed by atoms with van der Waals surface area (Å²) in [4.78, 5) is 25.4. The zero-order valence-electron chi connectivity index (χ0n) is 10.6. The second-order valence-corrected chi connectivity index (χ2v) is 4.56. The van der Waals surface area contributed by atoms with E-state index in [-0.39, 0.29) is 17.8 Å². The molecule has 0 aliphatic carbocycles. The normalized spacial score (nSPS) is 19.7. The highest BCUT2D eigenvalue weighted by molar-refractivity contribution is 5.94. The molecule has 2 rings (SSSR count). The van der Waals surface area contributed by atoms with Gasteiger partial charge in [-0.05, 0) is 25.8 Å². The predicted molar refractivity (Wildman–Crippen MR) is 64.1 cm³/mol. The summed E-state index contributed by atoms with van der Waals surface area (Å²) >= 11 is 0. The topological polar surface area (TPSA) is 59.8 Å². The summed E-state index contributed by atoms with van der Waals surface area (Å²) in [5.74, 6) is 0.178. The highest BCUT2D eigenvalue weighted by atomic mass is 16.5. The molecule has 0 bridgehead atoms. The van der Waals surface area contributed by atoms with E-state index in [1.165, 1.54) is 13.4 Å². The number of likely N-dealkylation sites (tertiary alicyclic amines) is 1. The van der Waals surface area contributed by atoms with E-state index >= 15 is 0 Å². The molecule has 0 spiro atoms. The molecule has 5 nitrogen and oxygen atoms in total. The van der Waals surface area contributed by atoms with Crippen LogP contribution in [0.4, 0.5) is 0 Å². The average molecular weight is 251 g/mol. The molecular formula is C13H17NO4. The molecule has 0 unspecified atom stereocenters. The standard InChI is InChI=1S/C13H17NO4/c1-9-6-11(8-18-9)12(15)14-5-3-4-10(7-14)13(16)17-2/h6,8,10H,3-5,7H2,1-2H3/t10-/m0/s1. The van der Waals surface area contributed by atoms with Gasteiger partial charge in [-0.15, -0.1) is 0 Å². The molecule has 1 fully saturated rings. The van der Waals surface area contributed by atoms with Crippen LogP contribution < -0.4 is 0 Å². The van der Waals surface area contributed by atoms with Crippen molar-refractivity contribution in [1.82, 2.24) is 4.90 Å². The van der Waals surface area contributed by atoms with Crippen LogP contribution in [-0.2, 0) is 9.53 Å². The van der Waals surface area contributed by atoms with Crippen molar-refractivity contribution >= 4 is 11.9 Å². The number of ether oxygens (including phenoxy) is 1. The average Bonchev–Trinajstić information content (AvgIpc) is 2.83. The lowest BCUT2D eigenvalue weighted by molar-refractivity contribution is -0.146. The molecule has 0 aromatic carbocycles. The Morgan fingerprint density at radius 3 is 2.89 bits per heavy atom. The Labute approximate surface area is 106 Å². The van der Waals surface area contributed by atoms with Gasteiger partial charge in [0, 0.05) is 13.1 Å². The Kier molecular flexibility index (Phi) is 3.69. The smallest absolute Gasteiger partial charge is 0.310 e. The van der Waals surface area contributed by atoms with Crippen LogP contribution in [0, 0.1) is 12.8 Å². The fourth-order valence-corrected chi connectivity index (χ4v) is 2.26. The summed E-state index contributed by atoms with van der Waals surface area (Å²) in [7, 11) is 1.38. The van der Waals surface area contributed by atoms with Crippen molar-refractivity contribution < 1.29 is 18.7 Å². The highest BCUT2D eigenvalue weighted by Crippen LogP contribution is 2.20. The van der Waals surface area contributed by atoms with Crippen LogP contribution in [0.25, 0.3) is 0 Å². The Morgan fingerprint density at radius 1 is 1.50 bits per heavy atom. The van der Waals surface area contributed by atoms with Gasteiger partial charge in [0.25, 0.3) is 5.91 Å². The summed E-state index contributed by atoms with van der Waals surface area (Å²) in [5, 5.41) is 0. The Bertz CT molecular complexity index is 452. The zero-order valence-corrected chi connectivity index (χ0v) is 10.6. The summed E-state index contributed by atoms with van der Waals surface area (Å²) in [5.41, 5.74) is 0.540. The molecule has 1 aromatic heterocycles. The summed E-state index contributed by atoms with van der Waals surface area (Å²) in [6.07, 6.45) is 3.06. The minimum atomic E-state index is -0.240. The first kappa shape index (κ1) is 12.7. The number of hydrogen-bond donors (Lipinski definition) is 0. The van der Waals surface area contributed by atoms with Gasteiger partial charge in [-0.3, -0.25) is 9.59 Å². The van der Waals surface area contributed by atoms with Gasteiger partial charge in [-0.25, -0.2) is 0 Å². The van der Waals surface area contributed by atoms with Crippen molar-refractivity contribution in [2.75, 3.05) is 20.2 Å². The maximum atomic E-state index is 12.2. The fraction of sp³-hybridized carbons (Fsp3) is 0.538. The predicted octanol–water partition coefficient (Wildman–Crippen LogP) is 1.61. The number of methoxy groups -OCH3 is 1. The van der Waals surface area contributed by atoms with Crippen LogP contribution in [0.15, 0.2) is 16.7 Å². The van der Waals surface area contributed by atoms with Crippen molar-refractivity contribution in [3.05, 3.63) is 23.7 Å². The van der Waals surface area contributed by atoms with E-state index in [0.29, 0.717) is 24.4 Å². The van der Waals surface area contributed by atoms with Gasteiger partial charge in [0.1, 0.15) is 12.0 Å². The third kappa shape index (κ3) is 2.55. The SMILES string of the molecule is COC(=O)[C@H]1CCCN(C(=O)c2coc(C)c2)C1. The minimum Gasteiger partial charge on any atom is -0.469 e. The monoisotopic (exact) mass is 251 g/mol. The number of furan rings is 1. The molecule has 0 saturated carbocycles. The van der Waals surface area contributed by atoms with Gasteiger partial charge in [-0.1, -0.05) is 0 Å². The molecule has 1 aliphatic rings. The van der Waals surface area contributed by atoms with Crippen molar-refractivity contribution in [3.8, 4) is 0 Å². The Hall–Kier alpha value is -1.78. The van der Waals surface area contributed by atoms with Gasteiger partial charge < -0.3 is 14.1 Å². The molecule has 0 radical (unpaired) electrons. The third-order valence-corrected chi connectivity index (χ3v) is 3.22. The van der Waals surface area contributed by atoms with Crippen molar-refractivity contribution in [2.45, 2.75) is 19.8 Å². The second-order valence-electron chi connectivity index (χ2n) is 4.56. The van der Waals surface area contributed by atoms with Gasteiger partial charge in [0.15, 0.2) is 0 Å². The number of hydrogen-bond acceptors (Lipinski definition) is 4. The van der Waals surface area contributed by atoms with E-state index < -0.39 is 0 Å². The van der Waals surface area contributed by atoms with Crippen molar-refractivity contribution in [3.63, 3.8) is 0 Å². The molecule has 1 atom stereocenters. The molecule has 98 valence electrons. The largest absolute Gasteiger partial charge is 0.469 e. The van der Waals surface area contributed by atoms with Gasteiger partial charge in [-0.2, -0.15) is 0 Å². The van der Waals surface area contributed by atoms with Crippen LogP contribution in [0.2, 0.25) is 0 Å². The van der Waals surface area contributed by atoms with E-state index in [9.17, 15) is 9.59 Å². The highest BCUT2D eigenvalue weighted by Gasteiger charge is 2.29. The first-order valence-corrected chi connectivity index (χ1v) is 6.04. The molecule has 1 aromatic rings. The molecule has 0 N–H and O–H groups in total. The lowest BCUT2D eigenvalue weighted by Gasteiger charge is -2.31. The van der Waals surface area contributed by atoms with Crippen LogP contribution in [0.3, 0.4) is 0 Å². The number of esters is 1. The summed E-state index contributed by atoms with van der Waals surface area (Å²) in [6, 6.07) is 1.71. The van der Waals surface area contributed by atoms with Gasteiger partial charge in [0.05, 0.1) is 18.6 Å². The van der Waals surface area contributed by atoms with Crippen molar-refractivity contribution in [1.29, 1.82) is 0 Å². The first-order valence-electron chi connectivity index (χ1n) is 6.04. The maximum Gasteiger partial charge on any atom is 0.310 e. The van der Waals surface area contributed by atoms with E-state index in [1.807, 2.05) is 0 Å². The van der Waals surface area contributed by atoms with Crippen LogP contribution in [-0.4, -0.2) is 37.0 Å². The van der Waals surface area contributed by atoms with Crippen molar-refractivity contribution in [2.24, 2.45) is 5.92 Å². The van der Waals surface area contributed by atoms with Gasteiger partial charge in [0.2, 0.25) is 0 Å². The molecule has 18 heavy (non-hydrogen) atoms. The number of carbonyl (C=O) groups is 2. The van der Waals surface area contributed by atoms with E-state index in [4.69, 9.17) is 9.15 Å². The van der Waals surface area contributed by atoms with Crippen LogP contribution in [0.5, 0.6) is 0 Å². The number of amides is 1. The number of nitrogens with zero attached hydrogens (tertiary/aromatic N) is 1. The van der Waals surface area contributed by atoms with E-state index in [1.54, 1.807) is 17.9 Å². The lowest BCUT2D eigenvalue weighted by atomic mass is 9.98. The van der Waals surface area contributed by atoms with Crippen LogP contribution in [0.1, 0.15) is 29.0 Å². The first-order chi connectivity index (χ1) is 8.61. The molecule has 2 heterocycles. The number of carbonyl (C=O) groups excluding carboxylic acids is 2. The number of aryl methyl sites for hydroxylation is 1. The Balaban J connectivity index is 2.05. The zero-order chi connectivity index (χ0) is 13.1. The van der Waals surface area contributed by atoms with Gasteiger partial charge >= 0.3 is 5.97 Å². The number of piperidine rings is 1. The van der Waals surface area contributed by atoms with E-state index in [2.05, 4.69) is 0 Å². The lowest BCUT2D eigenvalue weighted by Crippen LogP contribution is -2.42. The third-order valence-electron chi connectivity index (χ3n) is 3.22. The summed E-state index contributed by atoms with van der Waals surface area (Å²) < 4.78 is 9.86. The molecule has 1 saturated heterocycles. The maximum absolute atomic E-state index is 12.2. The van der Waals surface area contributed by atoms with Crippen LogP contribution >= 0.6 is 0 Å². The molecule has 1 amide bonds. The fourth-order valence-electron chi connectivity index (χ4n) is 2.26. The number of rotatable bonds is 2. The molecular weight excluding hydrogens is 234 g/mol.